The minimum absolute atomic E-state index is 0.231. The van der Waals surface area contributed by atoms with Crippen LogP contribution in [0, 0.1) is 0 Å². The summed E-state index contributed by atoms with van der Waals surface area (Å²) < 4.78 is 4.83. The molecule has 0 bridgehead atoms. The zero-order valence-electron chi connectivity index (χ0n) is 16.0. The lowest BCUT2D eigenvalue weighted by Gasteiger charge is -1.97. The molecule has 0 rings (SSSR count). The fourth-order valence-corrected chi connectivity index (χ4v) is 2.44. The van der Waals surface area contributed by atoms with E-state index in [0.29, 0.717) is 6.61 Å². The molecule has 0 spiro atoms. The number of allylic oxidation sites excluding steroid dienone is 5. The summed E-state index contributed by atoms with van der Waals surface area (Å²) >= 11 is 0. The van der Waals surface area contributed by atoms with Gasteiger partial charge in [0.15, 0.2) is 0 Å². The zero-order valence-corrected chi connectivity index (χ0v) is 16.0. The van der Waals surface area contributed by atoms with Crippen molar-refractivity contribution in [2.45, 2.75) is 90.9 Å². The molecule has 0 unspecified atom stereocenters. The van der Waals surface area contributed by atoms with Gasteiger partial charge in [0.1, 0.15) is 0 Å². The number of hydrogen-bond donors (Lipinski definition) is 0. The molecule has 0 aromatic heterocycles. The molecule has 0 aliphatic rings. The van der Waals surface area contributed by atoms with Gasteiger partial charge < -0.3 is 4.74 Å². The predicted octanol–water partition coefficient (Wildman–Crippen LogP) is 6.92. The Balaban J connectivity index is 3.31. The SMILES string of the molecule is CCCCCCCCC=CCC=CCCCCC=CC(=O)OCC. The first-order valence-corrected chi connectivity index (χ1v) is 9.94. The summed E-state index contributed by atoms with van der Waals surface area (Å²) in [6, 6.07) is 0. The van der Waals surface area contributed by atoms with Crippen LogP contribution in [0.25, 0.3) is 0 Å². The maximum atomic E-state index is 11.1. The standard InChI is InChI=1S/C22H38O2/c1-3-5-6-7-8-9-10-11-12-13-14-15-16-17-18-19-20-21-22(23)24-4-2/h11-12,14-15,20-21H,3-10,13,16-19H2,1-2H3. The molecule has 138 valence electrons. The average Bonchev–Trinajstić information content (AvgIpc) is 2.58. The molecule has 0 amide bonds. The highest BCUT2D eigenvalue weighted by Crippen LogP contribution is 2.07. The molecule has 2 heteroatoms. The van der Waals surface area contributed by atoms with Crippen LogP contribution in [-0.2, 0) is 9.53 Å². The minimum atomic E-state index is -0.231. The van der Waals surface area contributed by atoms with Gasteiger partial charge in [0, 0.05) is 6.08 Å². The molecule has 0 heterocycles. The van der Waals surface area contributed by atoms with E-state index in [2.05, 4.69) is 31.2 Å². The molecule has 24 heavy (non-hydrogen) atoms. The van der Waals surface area contributed by atoms with Crippen LogP contribution in [0.15, 0.2) is 36.5 Å². The van der Waals surface area contributed by atoms with Gasteiger partial charge in [0.05, 0.1) is 6.61 Å². The molecule has 2 nitrogen and oxygen atoms in total. The Bertz CT molecular complexity index is 353. The summed E-state index contributed by atoms with van der Waals surface area (Å²) in [5.41, 5.74) is 0. The van der Waals surface area contributed by atoms with E-state index in [-0.39, 0.29) is 5.97 Å². The lowest BCUT2D eigenvalue weighted by atomic mass is 10.1. The quantitative estimate of drug-likeness (QED) is 0.132. The van der Waals surface area contributed by atoms with Crippen molar-refractivity contribution in [2.75, 3.05) is 6.61 Å². The van der Waals surface area contributed by atoms with Crippen LogP contribution in [0.2, 0.25) is 0 Å². The molecule has 0 N–H and O–H groups in total. The molecule has 0 aliphatic carbocycles. The maximum absolute atomic E-state index is 11.1. The van der Waals surface area contributed by atoms with Gasteiger partial charge >= 0.3 is 5.97 Å². The number of hydrogen-bond acceptors (Lipinski definition) is 2. The topological polar surface area (TPSA) is 26.3 Å². The molecule has 0 atom stereocenters. The number of ether oxygens (including phenoxy) is 1. The molecule has 0 radical (unpaired) electrons. The Morgan fingerprint density at radius 1 is 0.708 bits per heavy atom. The lowest BCUT2D eigenvalue weighted by molar-refractivity contribution is -0.137. The Morgan fingerprint density at radius 3 is 1.88 bits per heavy atom. The van der Waals surface area contributed by atoms with Crippen molar-refractivity contribution in [3.8, 4) is 0 Å². The van der Waals surface area contributed by atoms with E-state index in [9.17, 15) is 4.79 Å². The van der Waals surface area contributed by atoms with Gasteiger partial charge in [-0.05, 0) is 51.9 Å². The highest BCUT2D eigenvalue weighted by molar-refractivity contribution is 5.81. The van der Waals surface area contributed by atoms with Crippen LogP contribution in [0.3, 0.4) is 0 Å². The largest absolute Gasteiger partial charge is 0.463 e. The average molecular weight is 335 g/mol. The van der Waals surface area contributed by atoms with Crippen molar-refractivity contribution >= 4 is 5.97 Å². The number of rotatable bonds is 16. The van der Waals surface area contributed by atoms with Crippen LogP contribution in [0.1, 0.15) is 90.9 Å². The van der Waals surface area contributed by atoms with Gasteiger partial charge in [-0.1, -0.05) is 69.4 Å². The lowest BCUT2D eigenvalue weighted by Crippen LogP contribution is -1.98. The second-order valence-electron chi connectivity index (χ2n) is 6.17. The third-order valence-corrected chi connectivity index (χ3v) is 3.86. The van der Waals surface area contributed by atoms with E-state index in [1.54, 1.807) is 0 Å². The van der Waals surface area contributed by atoms with E-state index < -0.39 is 0 Å². The number of carbonyl (C=O) groups excluding carboxylic acids is 1. The first-order chi connectivity index (χ1) is 11.8. The van der Waals surface area contributed by atoms with Gasteiger partial charge in [0.2, 0.25) is 0 Å². The zero-order chi connectivity index (χ0) is 17.7. The Hall–Kier alpha value is -1.31. The van der Waals surface area contributed by atoms with Gasteiger partial charge in [-0.3, -0.25) is 0 Å². The van der Waals surface area contributed by atoms with Crippen LogP contribution in [0.4, 0.5) is 0 Å². The minimum Gasteiger partial charge on any atom is -0.463 e. The fourth-order valence-electron chi connectivity index (χ4n) is 2.44. The maximum Gasteiger partial charge on any atom is 0.330 e. The molecule has 0 saturated carbocycles. The van der Waals surface area contributed by atoms with Crippen LogP contribution >= 0.6 is 0 Å². The van der Waals surface area contributed by atoms with Gasteiger partial charge in [-0.25, -0.2) is 4.79 Å². The van der Waals surface area contributed by atoms with Crippen molar-refractivity contribution in [3.05, 3.63) is 36.5 Å². The number of unbranched alkanes of at least 4 members (excludes halogenated alkanes) is 9. The summed E-state index contributed by atoms with van der Waals surface area (Å²) in [6.07, 6.45) is 27.5. The smallest absolute Gasteiger partial charge is 0.330 e. The predicted molar refractivity (Wildman–Crippen MR) is 105 cm³/mol. The van der Waals surface area contributed by atoms with Crippen molar-refractivity contribution < 1.29 is 9.53 Å². The molecule has 0 saturated heterocycles. The van der Waals surface area contributed by atoms with Gasteiger partial charge in [0.25, 0.3) is 0 Å². The second kappa shape index (κ2) is 19.7. The van der Waals surface area contributed by atoms with E-state index >= 15 is 0 Å². The summed E-state index contributed by atoms with van der Waals surface area (Å²) in [4.78, 5) is 11.1. The van der Waals surface area contributed by atoms with Crippen molar-refractivity contribution in [3.63, 3.8) is 0 Å². The van der Waals surface area contributed by atoms with E-state index in [1.807, 2.05) is 13.0 Å². The highest BCUT2D eigenvalue weighted by Gasteiger charge is 1.92. The third-order valence-electron chi connectivity index (χ3n) is 3.86. The summed E-state index contributed by atoms with van der Waals surface area (Å²) in [7, 11) is 0. The normalized spacial score (nSPS) is 11.9. The number of esters is 1. The number of carbonyl (C=O) groups is 1. The first-order valence-electron chi connectivity index (χ1n) is 9.94. The summed E-state index contributed by atoms with van der Waals surface area (Å²) in [5.74, 6) is -0.231. The monoisotopic (exact) mass is 334 g/mol. The van der Waals surface area contributed by atoms with E-state index in [0.717, 1.165) is 25.7 Å². The third kappa shape index (κ3) is 18.7. The van der Waals surface area contributed by atoms with Gasteiger partial charge in [-0.15, -0.1) is 0 Å². The van der Waals surface area contributed by atoms with Gasteiger partial charge in [-0.2, -0.15) is 0 Å². The second-order valence-corrected chi connectivity index (χ2v) is 6.17. The van der Waals surface area contributed by atoms with E-state index in [1.165, 1.54) is 57.4 Å². The molecular formula is C22H38O2. The Morgan fingerprint density at radius 2 is 1.25 bits per heavy atom. The fraction of sp³-hybridized carbons (Fsp3) is 0.682. The van der Waals surface area contributed by atoms with Crippen molar-refractivity contribution in [2.24, 2.45) is 0 Å². The van der Waals surface area contributed by atoms with Crippen LogP contribution < -0.4 is 0 Å². The summed E-state index contributed by atoms with van der Waals surface area (Å²) in [5, 5.41) is 0. The molecule has 0 aliphatic heterocycles. The summed E-state index contributed by atoms with van der Waals surface area (Å²) in [6.45, 7) is 4.53. The first kappa shape index (κ1) is 22.7. The van der Waals surface area contributed by atoms with Crippen LogP contribution in [-0.4, -0.2) is 12.6 Å². The van der Waals surface area contributed by atoms with Crippen LogP contribution in [0.5, 0.6) is 0 Å². The van der Waals surface area contributed by atoms with E-state index in [4.69, 9.17) is 4.74 Å². The molecule has 0 fully saturated rings. The highest BCUT2D eigenvalue weighted by atomic mass is 16.5. The Kier molecular flexibility index (Phi) is 18.7. The van der Waals surface area contributed by atoms with Crippen molar-refractivity contribution in [1.29, 1.82) is 0 Å². The molecule has 0 aromatic rings. The van der Waals surface area contributed by atoms with Crippen molar-refractivity contribution in [1.82, 2.24) is 0 Å². The molecular weight excluding hydrogens is 296 g/mol. The molecule has 0 aromatic carbocycles. The Labute approximate surface area is 150 Å².